The van der Waals surface area contributed by atoms with Crippen molar-refractivity contribution in [3.8, 4) is 0 Å². The van der Waals surface area contributed by atoms with Gasteiger partial charge in [0.2, 0.25) is 0 Å². The number of halogens is 3. The molecule has 1 aromatic rings. The molecule has 0 amide bonds. The van der Waals surface area contributed by atoms with Crippen molar-refractivity contribution in [1.82, 2.24) is 0 Å². The second-order valence-electron chi connectivity index (χ2n) is 6.84. The average Bonchev–Trinajstić information content (AvgIpc) is 2.76. The third-order valence-corrected chi connectivity index (χ3v) is 10.2. The minimum absolute atomic E-state index is 0. The molecule has 0 fully saturated rings. The third kappa shape index (κ3) is 6.87. The maximum Gasteiger partial charge on any atom is -1.00 e. The Kier molecular flexibility index (Phi) is 14.2. The van der Waals surface area contributed by atoms with Crippen molar-refractivity contribution in [2.75, 3.05) is 0 Å². The molecular weight excluding hydrogens is 423 g/mol. The molecule has 0 saturated carbocycles. The van der Waals surface area contributed by atoms with Gasteiger partial charge in [0.25, 0.3) is 0 Å². The normalized spacial score (nSPS) is 14.3. The van der Waals surface area contributed by atoms with Crippen LogP contribution in [-0.4, -0.2) is 8.80 Å². The molecule has 1 aliphatic carbocycles. The second-order valence-corrected chi connectivity index (χ2v) is 10.6. The summed E-state index contributed by atoms with van der Waals surface area (Å²) in [7, 11) is -1.08. The number of hydrogen-bond donors (Lipinski definition) is 0. The Labute approximate surface area is 186 Å². The van der Waals surface area contributed by atoms with Gasteiger partial charge in [-0.25, -0.2) is 0 Å². The van der Waals surface area contributed by atoms with Gasteiger partial charge in [-0.15, -0.1) is 0 Å². The van der Waals surface area contributed by atoms with E-state index in [-0.39, 0.29) is 37.2 Å². The van der Waals surface area contributed by atoms with Crippen molar-refractivity contribution in [2.45, 2.75) is 66.3 Å². The molecule has 0 N–H and O–H groups in total. The number of hydrogen-bond acceptors (Lipinski definition) is 0. The number of unbranched alkanes of at least 4 members (excludes halogenated alkanes) is 2. The van der Waals surface area contributed by atoms with Gasteiger partial charge >= 0.3 is 150 Å². The van der Waals surface area contributed by atoms with E-state index in [1.807, 2.05) is 0 Å². The minimum atomic E-state index is -1.08. The van der Waals surface area contributed by atoms with Crippen LogP contribution < -0.4 is 42.4 Å². The van der Waals surface area contributed by atoms with Crippen LogP contribution in [0.4, 0.5) is 0 Å². The van der Waals surface area contributed by atoms with Gasteiger partial charge in [0.1, 0.15) is 0 Å². The summed E-state index contributed by atoms with van der Waals surface area (Å²) in [6.45, 7) is 11.5. The maximum atomic E-state index is 2.45. The fourth-order valence-corrected chi connectivity index (χ4v) is 9.29. The van der Waals surface area contributed by atoms with E-state index in [0.717, 1.165) is 0 Å². The summed E-state index contributed by atoms with van der Waals surface area (Å²) in [5, 5.41) is 3.50. The predicted octanol–water partition coefficient (Wildman–Crippen LogP) is -4.06. The van der Waals surface area contributed by atoms with Gasteiger partial charge in [0.05, 0.1) is 0 Å². The summed E-state index contributed by atoms with van der Waals surface area (Å²) in [6, 6.07) is 6.22. The van der Waals surface area contributed by atoms with Crippen LogP contribution in [0.5, 0.6) is 0 Å². The predicted molar refractivity (Wildman–Crippen MR) is 97.2 cm³/mol. The quantitative estimate of drug-likeness (QED) is 0.305. The molecule has 138 valence electrons. The molecule has 0 aromatic heterocycles. The molecule has 1 aliphatic rings. The molecule has 2 rings (SSSR count). The standard InChI is InChI=1S/C20H29Si.3ClH.Ti/c1-6-7-8-12-21(19-11-9-10-16(19)3)20-17(4)13-15(2)14-18(20)5;;;;/h10,13-14,21H,6-9,12H2,1-5H3;3*1H;/q;;;;+3/p-3. The Morgan fingerprint density at radius 2 is 1.52 bits per heavy atom. The van der Waals surface area contributed by atoms with Crippen LogP contribution in [-0.2, 0) is 20.4 Å². The van der Waals surface area contributed by atoms with Crippen molar-refractivity contribution >= 4 is 14.0 Å². The van der Waals surface area contributed by atoms with Crippen LogP contribution >= 0.6 is 0 Å². The van der Waals surface area contributed by atoms with Gasteiger partial charge in [-0.05, 0) is 0 Å². The zero-order valence-electron chi connectivity index (χ0n) is 16.0. The fourth-order valence-electron chi connectivity index (χ4n) is 3.97. The van der Waals surface area contributed by atoms with E-state index in [9.17, 15) is 0 Å². The molecule has 0 heterocycles. The van der Waals surface area contributed by atoms with E-state index in [4.69, 9.17) is 0 Å². The van der Waals surface area contributed by atoms with Crippen LogP contribution in [0.1, 0.15) is 56.2 Å². The van der Waals surface area contributed by atoms with Gasteiger partial charge in [0.15, 0.2) is 0 Å². The van der Waals surface area contributed by atoms with Gasteiger partial charge < -0.3 is 37.2 Å². The Balaban J connectivity index is 0. The molecule has 0 radical (unpaired) electrons. The number of benzene rings is 1. The molecule has 1 atom stereocenters. The van der Waals surface area contributed by atoms with E-state index in [2.05, 4.69) is 73.3 Å². The summed E-state index contributed by atoms with van der Waals surface area (Å²) >= 11 is 2.36. The minimum Gasteiger partial charge on any atom is -1.00 e. The summed E-state index contributed by atoms with van der Waals surface area (Å²) < 4.78 is 1.64. The Hall–Kier alpha value is 0.501. The molecule has 1 unspecified atom stereocenters. The largest absolute Gasteiger partial charge is 1.00 e. The van der Waals surface area contributed by atoms with Crippen molar-refractivity contribution in [2.24, 2.45) is 0 Å². The van der Waals surface area contributed by atoms with Crippen LogP contribution in [0.25, 0.3) is 0 Å². The van der Waals surface area contributed by atoms with E-state index in [1.165, 1.54) is 48.4 Å². The van der Waals surface area contributed by atoms with Crippen LogP contribution in [0, 0.1) is 20.8 Å². The van der Waals surface area contributed by atoms with E-state index < -0.39 is 8.80 Å². The van der Waals surface area contributed by atoms with Crippen molar-refractivity contribution < 1.29 is 57.7 Å². The SMILES string of the molecule is CCCCC[SiH](C1=[C]([Ti+3])CC=C1C)c1c(C)cc(C)cc1C.[Cl-].[Cl-].[Cl-]. The maximum absolute atomic E-state index is 2.45. The Morgan fingerprint density at radius 3 is 1.96 bits per heavy atom. The van der Waals surface area contributed by atoms with Crippen molar-refractivity contribution in [1.29, 1.82) is 0 Å². The summed E-state index contributed by atoms with van der Waals surface area (Å²) in [4.78, 5) is 0. The summed E-state index contributed by atoms with van der Waals surface area (Å²) in [5.41, 5.74) is 6.05. The van der Waals surface area contributed by atoms with Crippen molar-refractivity contribution in [3.05, 3.63) is 49.5 Å². The van der Waals surface area contributed by atoms with Gasteiger partial charge in [-0.1, -0.05) is 0 Å². The van der Waals surface area contributed by atoms with Crippen LogP contribution in [0.2, 0.25) is 6.04 Å². The fraction of sp³-hybridized carbons (Fsp3) is 0.500. The molecule has 25 heavy (non-hydrogen) atoms. The van der Waals surface area contributed by atoms with E-state index in [1.54, 1.807) is 19.8 Å². The van der Waals surface area contributed by atoms with Crippen molar-refractivity contribution in [3.63, 3.8) is 0 Å². The topological polar surface area (TPSA) is 0 Å². The molecule has 0 bridgehead atoms. The average molecular weight is 452 g/mol. The zero-order chi connectivity index (χ0) is 16.3. The monoisotopic (exact) mass is 450 g/mol. The zero-order valence-corrected chi connectivity index (χ0v) is 21.0. The summed E-state index contributed by atoms with van der Waals surface area (Å²) in [6.07, 6.45) is 7.72. The molecule has 0 aliphatic heterocycles. The van der Waals surface area contributed by atoms with Gasteiger partial charge in [-0.2, -0.15) is 0 Å². The van der Waals surface area contributed by atoms with E-state index >= 15 is 0 Å². The Morgan fingerprint density at radius 1 is 0.960 bits per heavy atom. The van der Waals surface area contributed by atoms with Gasteiger partial charge in [0, 0.05) is 0 Å². The first-order chi connectivity index (χ1) is 10.5. The first-order valence-corrected chi connectivity index (χ1v) is 11.4. The molecule has 0 saturated heterocycles. The summed E-state index contributed by atoms with van der Waals surface area (Å²) in [5.74, 6) is 0. The molecule has 5 heteroatoms. The molecular formula is C20H29Cl3SiTi. The first kappa shape index (κ1) is 27.7. The molecule has 0 nitrogen and oxygen atoms in total. The van der Waals surface area contributed by atoms with E-state index in [0.29, 0.717) is 0 Å². The molecule has 1 aromatic carbocycles. The number of aryl methyl sites for hydroxylation is 3. The van der Waals surface area contributed by atoms with Crippen LogP contribution in [0.3, 0.4) is 0 Å². The second kappa shape index (κ2) is 12.8. The first-order valence-electron chi connectivity index (χ1n) is 8.65. The smallest absolute Gasteiger partial charge is 1.00 e. The molecule has 0 spiro atoms. The van der Waals surface area contributed by atoms with Crippen LogP contribution in [0.15, 0.2) is 32.9 Å². The number of allylic oxidation sites excluding steroid dienone is 4. The number of rotatable bonds is 6. The Bertz CT molecular complexity index is 600. The third-order valence-electron chi connectivity index (χ3n) is 4.89. The van der Waals surface area contributed by atoms with Gasteiger partial charge in [-0.3, -0.25) is 0 Å².